The average Bonchev–Trinajstić information content (AvgIpc) is 2.35. The van der Waals surface area contributed by atoms with E-state index in [1.54, 1.807) is 0 Å². The molecule has 0 saturated carbocycles. The molecule has 0 aliphatic heterocycles. The topological polar surface area (TPSA) is 0 Å². The van der Waals surface area contributed by atoms with Gasteiger partial charge in [-0.2, -0.15) is 0 Å². The first-order chi connectivity index (χ1) is 8.41. The van der Waals surface area contributed by atoms with Crippen molar-refractivity contribution in [2.24, 2.45) is 0 Å². The predicted octanol–water partition coefficient (Wildman–Crippen LogP) is 6.51. The summed E-state index contributed by atoms with van der Waals surface area (Å²) >= 11 is 0. The number of unbranched alkanes of at least 4 members (excludes halogenated alkanes) is 14. The summed E-state index contributed by atoms with van der Waals surface area (Å²) < 4.78 is 0. The smallest absolute Gasteiger partial charge is 0.0389 e. The van der Waals surface area contributed by atoms with Gasteiger partial charge in [-0.1, -0.05) is 104 Å². The minimum Gasteiger partial charge on any atom is -0.0651 e. The Kier molecular flexibility index (Phi) is 16.0. The van der Waals surface area contributed by atoms with Gasteiger partial charge < -0.3 is 0 Å². The molecule has 0 heterocycles. The Labute approximate surface area is 111 Å². The molecule has 0 bridgehead atoms. The van der Waals surface area contributed by atoms with Gasteiger partial charge in [0.1, 0.15) is 0 Å². The van der Waals surface area contributed by atoms with Gasteiger partial charge in [0, 0.05) is 0 Å². The van der Waals surface area contributed by atoms with E-state index in [1.807, 2.05) is 0 Å². The van der Waals surface area contributed by atoms with E-state index in [0.717, 1.165) is 6.42 Å². The largest absolute Gasteiger partial charge is 0.0651 e. The third-order valence-corrected chi connectivity index (χ3v) is 3.45. The van der Waals surface area contributed by atoms with E-state index in [1.165, 1.54) is 83.5 Å². The van der Waals surface area contributed by atoms with Crippen LogP contribution in [0, 0.1) is 13.3 Å². The molecule has 0 amide bonds. The molecule has 0 saturated heterocycles. The molecule has 0 aliphatic carbocycles. The van der Waals surface area contributed by atoms with Gasteiger partial charge in [-0.05, 0) is 6.42 Å². The molecule has 0 atom stereocenters. The summed E-state index contributed by atoms with van der Waals surface area (Å²) in [6, 6.07) is 0. The molecule has 0 aromatic heterocycles. The summed E-state index contributed by atoms with van der Waals surface area (Å²) in [5, 5.41) is 0. The standard InChI is InChI=1S/C17H34/c1-3-5-7-9-11-13-15-17-16-14-12-10-8-6-4-2/h6H,1,3-5,7-17H2,2H3. The number of hydrogen-bond acceptors (Lipinski definition) is 0. The van der Waals surface area contributed by atoms with Crippen LogP contribution in [0.2, 0.25) is 0 Å². The third-order valence-electron chi connectivity index (χ3n) is 3.45. The van der Waals surface area contributed by atoms with Crippen LogP contribution in [0.3, 0.4) is 0 Å². The van der Waals surface area contributed by atoms with Crippen molar-refractivity contribution in [2.45, 2.75) is 96.8 Å². The first-order valence-electron chi connectivity index (χ1n) is 8.02. The Morgan fingerprint density at radius 3 is 1.47 bits per heavy atom. The molecule has 0 aromatic carbocycles. The Morgan fingerprint density at radius 2 is 1.06 bits per heavy atom. The zero-order valence-corrected chi connectivity index (χ0v) is 12.2. The molecule has 0 fully saturated rings. The molecule has 17 heavy (non-hydrogen) atoms. The summed E-state index contributed by atoms with van der Waals surface area (Å²) in [6.45, 7) is 6.11. The van der Waals surface area contributed by atoms with Crippen LogP contribution >= 0.6 is 0 Å². The van der Waals surface area contributed by atoms with Crippen LogP contribution in [-0.2, 0) is 0 Å². The summed E-state index contributed by atoms with van der Waals surface area (Å²) in [5.74, 6) is 0. The van der Waals surface area contributed by atoms with Crippen molar-refractivity contribution in [3.8, 4) is 0 Å². The third kappa shape index (κ3) is 16.0. The van der Waals surface area contributed by atoms with Crippen LogP contribution in [-0.4, -0.2) is 0 Å². The van der Waals surface area contributed by atoms with Gasteiger partial charge in [0.25, 0.3) is 0 Å². The SMILES string of the molecule is [CH2]CCCCCCCCCCCCC[CH]CC. The van der Waals surface area contributed by atoms with Crippen molar-refractivity contribution < 1.29 is 0 Å². The first kappa shape index (κ1) is 17.0. The maximum Gasteiger partial charge on any atom is -0.0389 e. The van der Waals surface area contributed by atoms with Gasteiger partial charge in [0.15, 0.2) is 0 Å². The van der Waals surface area contributed by atoms with Crippen molar-refractivity contribution in [1.82, 2.24) is 0 Å². The lowest BCUT2D eigenvalue weighted by molar-refractivity contribution is 0.545. The summed E-state index contributed by atoms with van der Waals surface area (Å²) in [6.07, 6.45) is 21.9. The van der Waals surface area contributed by atoms with Gasteiger partial charge in [-0.15, -0.1) is 0 Å². The van der Waals surface area contributed by atoms with Gasteiger partial charge in [0.05, 0.1) is 0 Å². The van der Waals surface area contributed by atoms with Gasteiger partial charge in [-0.3, -0.25) is 0 Å². The van der Waals surface area contributed by atoms with E-state index in [9.17, 15) is 0 Å². The van der Waals surface area contributed by atoms with Crippen LogP contribution in [0.5, 0.6) is 0 Å². The highest BCUT2D eigenvalue weighted by molar-refractivity contribution is 4.60. The molecule has 0 N–H and O–H groups in total. The highest BCUT2D eigenvalue weighted by Crippen LogP contribution is 2.12. The summed E-state index contributed by atoms with van der Waals surface area (Å²) in [4.78, 5) is 0. The highest BCUT2D eigenvalue weighted by Gasteiger charge is 1.93. The fourth-order valence-electron chi connectivity index (χ4n) is 2.26. The lowest BCUT2D eigenvalue weighted by Gasteiger charge is -2.02. The summed E-state index contributed by atoms with van der Waals surface area (Å²) in [7, 11) is 0. The van der Waals surface area contributed by atoms with Gasteiger partial charge in [-0.25, -0.2) is 0 Å². The van der Waals surface area contributed by atoms with Crippen molar-refractivity contribution in [3.05, 3.63) is 13.3 Å². The maximum absolute atomic E-state index is 3.88. The van der Waals surface area contributed by atoms with Crippen LogP contribution in [0.1, 0.15) is 96.8 Å². The van der Waals surface area contributed by atoms with Crippen LogP contribution in [0.15, 0.2) is 0 Å². The fourth-order valence-corrected chi connectivity index (χ4v) is 2.26. The molecular formula is C17H34. The normalized spacial score (nSPS) is 10.9. The van der Waals surface area contributed by atoms with Gasteiger partial charge in [0.2, 0.25) is 0 Å². The molecule has 0 nitrogen and oxygen atoms in total. The Morgan fingerprint density at radius 1 is 0.647 bits per heavy atom. The summed E-state index contributed by atoms with van der Waals surface area (Å²) in [5.41, 5.74) is 0. The maximum atomic E-state index is 3.88. The van der Waals surface area contributed by atoms with Crippen molar-refractivity contribution >= 4 is 0 Å². The Balaban J connectivity index is 2.85. The quantitative estimate of drug-likeness (QED) is 0.303. The van der Waals surface area contributed by atoms with Crippen LogP contribution in [0.4, 0.5) is 0 Å². The Hall–Kier alpha value is 0. The van der Waals surface area contributed by atoms with Gasteiger partial charge >= 0.3 is 0 Å². The van der Waals surface area contributed by atoms with Crippen molar-refractivity contribution in [2.75, 3.05) is 0 Å². The van der Waals surface area contributed by atoms with E-state index in [0.29, 0.717) is 0 Å². The second-order valence-corrected chi connectivity index (χ2v) is 5.23. The molecule has 2 radical (unpaired) electrons. The molecule has 0 unspecified atom stereocenters. The Bertz CT molecular complexity index is 103. The molecule has 102 valence electrons. The van der Waals surface area contributed by atoms with Crippen molar-refractivity contribution in [1.29, 1.82) is 0 Å². The molecule has 0 spiro atoms. The molecule has 0 aliphatic rings. The van der Waals surface area contributed by atoms with E-state index in [2.05, 4.69) is 20.3 Å². The zero-order chi connectivity index (χ0) is 12.6. The van der Waals surface area contributed by atoms with E-state index >= 15 is 0 Å². The monoisotopic (exact) mass is 238 g/mol. The lowest BCUT2D eigenvalue weighted by atomic mass is 10.0. The fraction of sp³-hybridized carbons (Fsp3) is 0.882. The van der Waals surface area contributed by atoms with Crippen molar-refractivity contribution in [3.63, 3.8) is 0 Å². The second-order valence-electron chi connectivity index (χ2n) is 5.23. The van der Waals surface area contributed by atoms with E-state index < -0.39 is 0 Å². The highest BCUT2D eigenvalue weighted by atomic mass is 14.0. The minimum absolute atomic E-state index is 1.12. The van der Waals surface area contributed by atoms with Crippen LogP contribution < -0.4 is 0 Å². The average molecular weight is 238 g/mol. The van der Waals surface area contributed by atoms with E-state index in [-0.39, 0.29) is 0 Å². The molecule has 0 rings (SSSR count). The first-order valence-corrected chi connectivity index (χ1v) is 8.02. The molecule has 0 heteroatoms. The van der Waals surface area contributed by atoms with E-state index in [4.69, 9.17) is 0 Å². The second kappa shape index (κ2) is 16.0. The minimum atomic E-state index is 1.12. The number of hydrogen-bond donors (Lipinski definition) is 0. The predicted molar refractivity (Wildman–Crippen MR) is 80.0 cm³/mol. The number of rotatable bonds is 14. The molecule has 0 aromatic rings. The van der Waals surface area contributed by atoms with Crippen LogP contribution in [0.25, 0.3) is 0 Å². The molecular weight excluding hydrogens is 204 g/mol. The zero-order valence-electron chi connectivity index (χ0n) is 12.2. The lowest BCUT2D eigenvalue weighted by Crippen LogP contribution is -1.83.